The molecule has 2 N–H and O–H groups in total. The molecule has 2 aromatic rings. The molecule has 1 aromatic heterocycles. The number of ether oxygens (including phenoxy) is 1. The molecule has 1 aliphatic rings. The summed E-state index contributed by atoms with van der Waals surface area (Å²) in [4.78, 5) is 4.35. The van der Waals surface area contributed by atoms with Gasteiger partial charge in [-0.05, 0) is 43.4 Å². The third-order valence-electron chi connectivity index (χ3n) is 3.71. The first-order valence-corrected chi connectivity index (χ1v) is 7.54. The van der Waals surface area contributed by atoms with E-state index >= 15 is 0 Å². The van der Waals surface area contributed by atoms with E-state index in [9.17, 15) is 0 Å². The number of hydrogen-bond donors (Lipinski definition) is 1. The fourth-order valence-corrected chi connectivity index (χ4v) is 2.19. The van der Waals surface area contributed by atoms with Crippen molar-refractivity contribution in [3.05, 3.63) is 41.5 Å². The first kappa shape index (κ1) is 14.1. The van der Waals surface area contributed by atoms with Crippen molar-refractivity contribution >= 4 is 0 Å². The molecule has 0 radical (unpaired) electrons. The smallest absolute Gasteiger partial charge is 0.264 e. The van der Waals surface area contributed by atoms with E-state index in [2.05, 4.69) is 23.1 Å². The second-order valence-electron chi connectivity index (χ2n) is 5.63. The molecule has 1 fully saturated rings. The summed E-state index contributed by atoms with van der Waals surface area (Å²) >= 11 is 0. The molecule has 0 saturated heterocycles. The van der Waals surface area contributed by atoms with Gasteiger partial charge in [-0.15, -0.1) is 0 Å². The van der Waals surface area contributed by atoms with Crippen molar-refractivity contribution in [2.24, 2.45) is 5.73 Å². The summed E-state index contributed by atoms with van der Waals surface area (Å²) in [6, 6.07) is 8.20. The van der Waals surface area contributed by atoms with E-state index in [1.165, 1.54) is 18.4 Å². The molecule has 1 aromatic carbocycles. The molecule has 1 saturated carbocycles. The predicted molar refractivity (Wildman–Crippen MR) is 79.0 cm³/mol. The molecule has 1 atom stereocenters. The first-order valence-electron chi connectivity index (χ1n) is 7.54. The van der Waals surface area contributed by atoms with Crippen molar-refractivity contribution in [2.45, 2.75) is 51.2 Å². The Morgan fingerprint density at radius 1 is 1.43 bits per heavy atom. The molecule has 0 aliphatic heterocycles. The highest BCUT2D eigenvalue weighted by Crippen LogP contribution is 2.38. The topological polar surface area (TPSA) is 74.2 Å². The lowest BCUT2D eigenvalue weighted by Gasteiger charge is -2.10. The monoisotopic (exact) mass is 287 g/mol. The van der Waals surface area contributed by atoms with Crippen LogP contribution in [0.25, 0.3) is 0 Å². The number of benzene rings is 1. The van der Waals surface area contributed by atoms with Crippen molar-refractivity contribution in [2.75, 3.05) is 0 Å². The lowest BCUT2D eigenvalue weighted by molar-refractivity contribution is 0.242. The van der Waals surface area contributed by atoms with Gasteiger partial charge in [-0.1, -0.05) is 24.2 Å². The molecule has 1 aliphatic carbocycles. The Labute approximate surface area is 124 Å². The minimum Gasteiger partial charge on any atom is -0.484 e. The van der Waals surface area contributed by atoms with Gasteiger partial charge in [0.15, 0.2) is 12.4 Å². The molecule has 5 heteroatoms. The number of nitrogens with two attached hydrogens (primary N) is 1. The van der Waals surface area contributed by atoms with Gasteiger partial charge in [0, 0.05) is 12.0 Å². The second kappa shape index (κ2) is 6.26. The summed E-state index contributed by atoms with van der Waals surface area (Å²) in [6.07, 6.45) is 4.16. The van der Waals surface area contributed by atoms with E-state index in [0.717, 1.165) is 24.4 Å². The number of hydrogen-bond acceptors (Lipinski definition) is 5. The second-order valence-corrected chi connectivity index (χ2v) is 5.63. The van der Waals surface area contributed by atoms with Gasteiger partial charge < -0.3 is 15.0 Å². The first-order chi connectivity index (χ1) is 10.2. The quantitative estimate of drug-likeness (QED) is 0.847. The normalized spacial score (nSPS) is 15.9. The van der Waals surface area contributed by atoms with Crippen LogP contribution in [0, 0.1) is 0 Å². The summed E-state index contributed by atoms with van der Waals surface area (Å²) < 4.78 is 10.9. The van der Waals surface area contributed by atoms with Gasteiger partial charge in [0.25, 0.3) is 5.89 Å². The van der Waals surface area contributed by atoms with Gasteiger partial charge in [0.2, 0.25) is 0 Å². The summed E-state index contributed by atoms with van der Waals surface area (Å²) in [6.45, 7) is 2.40. The number of nitrogens with zero attached hydrogens (tertiary/aromatic N) is 2. The van der Waals surface area contributed by atoms with Crippen LogP contribution in [0.3, 0.4) is 0 Å². The largest absolute Gasteiger partial charge is 0.484 e. The van der Waals surface area contributed by atoms with E-state index in [4.69, 9.17) is 15.0 Å². The van der Waals surface area contributed by atoms with Crippen LogP contribution >= 0.6 is 0 Å². The molecule has 0 bridgehead atoms. The van der Waals surface area contributed by atoms with E-state index in [-0.39, 0.29) is 6.04 Å². The van der Waals surface area contributed by atoms with Gasteiger partial charge in [-0.25, -0.2) is 0 Å². The molecule has 21 heavy (non-hydrogen) atoms. The van der Waals surface area contributed by atoms with Crippen molar-refractivity contribution in [1.29, 1.82) is 0 Å². The van der Waals surface area contributed by atoms with Crippen LogP contribution < -0.4 is 10.5 Å². The highest BCUT2D eigenvalue weighted by molar-refractivity contribution is 5.29. The van der Waals surface area contributed by atoms with Crippen molar-refractivity contribution in [3.8, 4) is 5.75 Å². The Kier molecular flexibility index (Phi) is 4.20. The van der Waals surface area contributed by atoms with Crippen LogP contribution in [0.2, 0.25) is 0 Å². The Balaban J connectivity index is 1.57. The maximum atomic E-state index is 5.98. The van der Waals surface area contributed by atoms with Crippen LogP contribution in [0.4, 0.5) is 0 Å². The molecule has 0 spiro atoms. The zero-order valence-corrected chi connectivity index (χ0v) is 12.3. The number of rotatable bonds is 7. The zero-order valence-electron chi connectivity index (χ0n) is 12.3. The minimum absolute atomic E-state index is 0.192. The molecular weight excluding hydrogens is 266 g/mol. The van der Waals surface area contributed by atoms with Crippen molar-refractivity contribution in [3.63, 3.8) is 0 Å². The fraction of sp³-hybridized carbons (Fsp3) is 0.500. The summed E-state index contributed by atoms with van der Waals surface area (Å²) in [7, 11) is 0. The highest BCUT2D eigenvalue weighted by atomic mass is 16.5. The average molecular weight is 287 g/mol. The van der Waals surface area contributed by atoms with Crippen LogP contribution in [0.5, 0.6) is 5.75 Å². The van der Waals surface area contributed by atoms with E-state index in [0.29, 0.717) is 18.4 Å². The van der Waals surface area contributed by atoms with Crippen molar-refractivity contribution < 1.29 is 9.26 Å². The van der Waals surface area contributed by atoms with Crippen LogP contribution in [-0.4, -0.2) is 16.2 Å². The van der Waals surface area contributed by atoms with Gasteiger partial charge in [0.1, 0.15) is 5.75 Å². The standard InChI is InChI=1S/C16H21N3O2/c1-2-13(17)8-11-4-3-5-14(9-11)20-10-15-18-16(19-21-15)12-6-7-12/h3-5,9,12-13H,2,6-8,10,17H2,1H3. The minimum atomic E-state index is 0.192. The zero-order chi connectivity index (χ0) is 14.7. The summed E-state index contributed by atoms with van der Waals surface area (Å²) in [5.41, 5.74) is 7.17. The van der Waals surface area contributed by atoms with Gasteiger partial charge in [-0.2, -0.15) is 4.98 Å². The lowest BCUT2D eigenvalue weighted by Crippen LogP contribution is -2.21. The predicted octanol–water partition coefficient (Wildman–Crippen LogP) is 2.81. The maximum absolute atomic E-state index is 5.98. The van der Waals surface area contributed by atoms with Gasteiger partial charge >= 0.3 is 0 Å². The lowest BCUT2D eigenvalue weighted by atomic mass is 10.0. The summed E-state index contributed by atoms with van der Waals surface area (Å²) in [5.74, 6) is 2.66. The molecule has 112 valence electrons. The maximum Gasteiger partial charge on any atom is 0.264 e. The van der Waals surface area contributed by atoms with Crippen LogP contribution in [0.1, 0.15) is 49.4 Å². The Hall–Kier alpha value is -1.88. The van der Waals surface area contributed by atoms with Gasteiger partial charge in [0.05, 0.1) is 0 Å². The third kappa shape index (κ3) is 3.82. The van der Waals surface area contributed by atoms with Crippen LogP contribution in [-0.2, 0) is 13.0 Å². The third-order valence-corrected chi connectivity index (χ3v) is 3.71. The van der Waals surface area contributed by atoms with Gasteiger partial charge in [-0.3, -0.25) is 0 Å². The Morgan fingerprint density at radius 2 is 2.29 bits per heavy atom. The fourth-order valence-electron chi connectivity index (χ4n) is 2.19. The number of aromatic nitrogens is 2. The molecule has 1 unspecified atom stereocenters. The van der Waals surface area contributed by atoms with E-state index < -0.39 is 0 Å². The SMILES string of the molecule is CCC(N)Cc1cccc(OCc2nc(C3CC3)no2)c1. The molecule has 3 rings (SSSR count). The van der Waals surface area contributed by atoms with E-state index in [1.807, 2.05) is 18.2 Å². The summed E-state index contributed by atoms with van der Waals surface area (Å²) in [5, 5.41) is 3.98. The molecule has 5 nitrogen and oxygen atoms in total. The highest BCUT2D eigenvalue weighted by Gasteiger charge is 2.28. The molecule has 0 amide bonds. The Bertz CT molecular complexity index is 593. The van der Waals surface area contributed by atoms with Crippen molar-refractivity contribution in [1.82, 2.24) is 10.1 Å². The van der Waals surface area contributed by atoms with Crippen LogP contribution in [0.15, 0.2) is 28.8 Å². The average Bonchev–Trinajstić information content (AvgIpc) is 3.24. The van der Waals surface area contributed by atoms with E-state index in [1.54, 1.807) is 0 Å². The molecular formula is C16H21N3O2. The Morgan fingerprint density at radius 3 is 3.05 bits per heavy atom. The molecule has 1 heterocycles.